The van der Waals surface area contributed by atoms with Crippen LogP contribution in [0.1, 0.15) is 42.9 Å². The van der Waals surface area contributed by atoms with Crippen LogP contribution >= 0.6 is 11.8 Å². The van der Waals surface area contributed by atoms with E-state index in [2.05, 4.69) is 4.98 Å². The summed E-state index contributed by atoms with van der Waals surface area (Å²) >= 11 is 1.28. The van der Waals surface area contributed by atoms with Crippen molar-refractivity contribution in [3.8, 4) is 0 Å². The number of sulfonamides is 1. The summed E-state index contributed by atoms with van der Waals surface area (Å²) in [6.07, 6.45) is 4.88. The van der Waals surface area contributed by atoms with E-state index in [4.69, 9.17) is 4.42 Å². The number of hydrogen-bond donors (Lipinski definition) is 0. The lowest BCUT2D eigenvalue weighted by molar-refractivity contribution is -0.129. The first-order chi connectivity index (χ1) is 16.0. The monoisotopic (exact) mass is 485 g/mol. The minimum atomic E-state index is -3.55. The number of aromatic nitrogens is 1. The largest absolute Gasteiger partial charge is 0.431 e. The van der Waals surface area contributed by atoms with Crippen molar-refractivity contribution in [3.63, 3.8) is 0 Å². The molecule has 1 atom stereocenters. The third-order valence-corrected chi connectivity index (χ3v) is 9.24. The maximum absolute atomic E-state index is 13.3. The Balaban J connectivity index is 1.43. The van der Waals surface area contributed by atoms with Crippen LogP contribution in [-0.4, -0.2) is 54.7 Å². The van der Waals surface area contributed by atoms with E-state index in [1.807, 2.05) is 35.2 Å². The molecular formula is C24H27N3O4S2. The molecule has 0 spiro atoms. The van der Waals surface area contributed by atoms with E-state index in [0.29, 0.717) is 29.4 Å². The summed E-state index contributed by atoms with van der Waals surface area (Å²) in [4.78, 5) is 20.0. The number of thioether (sulfide) groups is 1. The van der Waals surface area contributed by atoms with Crippen molar-refractivity contribution in [1.82, 2.24) is 14.2 Å². The Morgan fingerprint density at radius 3 is 2.36 bits per heavy atom. The van der Waals surface area contributed by atoms with Crippen LogP contribution in [0.15, 0.2) is 63.1 Å². The molecule has 2 aliphatic rings. The standard InChI is InChI=1S/C24H27N3O4S2/c28-23(26-13-7-8-14-26)22(18-9-3-1-4-10-18)32-24-25-20-17-19(11-12-21(20)31-24)33(29,30)27-15-5-2-6-16-27/h1,3-4,9-12,17,22H,2,5-8,13-16H2/t22-/m0/s1. The maximum Gasteiger partial charge on any atom is 0.257 e. The summed E-state index contributed by atoms with van der Waals surface area (Å²) in [7, 11) is -3.55. The van der Waals surface area contributed by atoms with Crippen LogP contribution in [0.2, 0.25) is 0 Å². The van der Waals surface area contributed by atoms with Gasteiger partial charge in [0.15, 0.2) is 5.58 Å². The molecule has 7 nitrogen and oxygen atoms in total. The Kier molecular flexibility index (Phi) is 6.44. The molecule has 174 valence electrons. The smallest absolute Gasteiger partial charge is 0.257 e. The van der Waals surface area contributed by atoms with E-state index in [1.54, 1.807) is 22.5 Å². The van der Waals surface area contributed by atoms with E-state index in [0.717, 1.165) is 50.8 Å². The highest BCUT2D eigenvalue weighted by molar-refractivity contribution is 8.00. The van der Waals surface area contributed by atoms with Crippen molar-refractivity contribution in [2.24, 2.45) is 0 Å². The number of benzene rings is 2. The second-order valence-corrected chi connectivity index (χ2v) is 11.5. The number of hydrogen-bond acceptors (Lipinski definition) is 6. The number of fused-ring (bicyclic) bond motifs is 1. The Morgan fingerprint density at radius 2 is 1.64 bits per heavy atom. The fourth-order valence-electron chi connectivity index (χ4n) is 4.44. The quantitative estimate of drug-likeness (QED) is 0.480. The first-order valence-corrected chi connectivity index (χ1v) is 13.8. The molecule has 0 unspecified atom stereocenters. The topological polar surface area (TPSA) is 83.7 Å². The highest BCUT2D eigenvalue weighted by Crippen LogP contribution is 2.38. The highest BCUT2D eigenvalue weighted by Gasteiger charge is 2.31. The number of carbonyl (C=O) groups excluding carboxylic acids is 1. The number of piperidine rings is 1. The molecule has 2 fully saturated rings. The van der Waals surface area contributed by atoms with Gasteiger partial charge < -0.3 is 9.32 Å². The van der Waals surface area contributed by atoms with Gasteiger partial charge in [0.05, 0.1) is 4.90 Å². The third-order valence-electron chi connectivity index (χ3n) is 6.26. The number of amides is 1. The summed E-state index contributed by atoms with van der Waals surface area (Å²) in [5.74, 6) is 0.0549. The van der Waals surface area contributed by atoms with E-state index >= 15 is 0 Å². The zero-order chi connectivity index (χ0) is 22.8. The van der Waals surface area contributed by atoms with Crippen LogP contribution in [0.3, 0.4) is 0 Å². The van der Waals surface area contributed by atoms with Crippen molar-refractivity contribution in [1.29, 1.82) is 0 Å². The first kappa shape index (κ1) is 22.4. The third kappa shape index (κ3) is 4.67. The fraction of sp³-hybridized carbons (Fsp3) is 0.417. The molecule has 0 saturated carbocycles. The number of rotatable bonds is 6. The highest BCUT2D eigenvalue weighted by atomic mass is 32.2. The minimum absolute atomic E-state index is 0.0549. The van der Waals surface area contributed by atoms with Gasteiger partial charge in [-0.2, -0.15) is 4.31 Å². The Morgan fingerprint density at radius 1 is 0.939 bits per heavy atom. The van der Waals surface area contributed by atoms with Crippen LogP contribution in [-0.2, 0) is 14.8 Å². The lowest BCUT2D eigenvalue weighted by Crippen LogP contribution is -2.35. The van der Waals surface area contributed by atoms with E-state index in [1.165, 1.54) is 11.8 Å². The van der Waals surface area contributed by atoms with E-state index in [-0.39, 0.29) is 10.8 Å². The molecule has 2 saturated heterocycles. The molecule has 3 heterocycles. The molecule has 33 heavy (non-hydrogen) atoms. The molecule has 2 aliphatic heterocycles. The van der Waals surface area contributed by atoms with Crippen molar-refractivity contribution < 1.29 is 17.6 Å². The van der Waals surface area contributed by atoms with Gasteiger partial charge in [0.2, 0.25) is 15.9 Å². The molecule has 0 radical (unpaired) electrons. The lowest BCUT2D eigenvalue weighted by atomic mass is 10.1. The summed E-state index contributed by atoms with van der Waals surface area (Å²) in [6.45, 7) is 2.65. The van der Waals surface area contributed by atoms with Gasteiger partial charge in [-0.3, -0.25) is 4.79 Å². The van der Waals surface area contributed by atoms with Gasteiger partial charge in [0, 0.05) is 26.2 Å². The Bertz CT molecular complexity index is 1230. The maximum atomic E-state index is 13.3. The van der Waals surface area contributed by atoms with Gasteiger partial charge in [-0.1, -0.05) is 36.8 Å². The number of nitrogens with zero attached hydrogens (tertiary/aromatic N) is 3. The molecular weight excluding hydrogens is 458 g/mol. The summed E-state index contributed by atoms with van der Waals surface area (Å²) < 4.78 is 33.6. The average molecular weight is 486 g/mol. The second-order valence-electron chi connectivity index (χ2n) is 8.52. The van der Waals surface area contributed by atoms with Gasteiger partial charge in [-0.05, 0) is 61.2 Å². The van der Waals surface area contributed by atoms with Crippen LogP contribution in [0, 0.1) is 0 Å². The molecule has 9 heteroatoms. The zero-order valence-electron chi connectivity index (χ0n) is 18.4. The van der Waals surface area contributed by atoms with Crippen molar-refractivity contribution in [3.05, 3.63) is 54.1 Å². The van der Waals surface area contributed by atoms with Crippen LogP contribution in [0.5, 0.6) is 0 Å². The first-order valence-electron chi connectivity index (χ1n) is 11.4. The van der Waals surface area contributed by atoms with Crippen molar-refractivity contribution in [2.45, 2.75) is 47.5 Å². The van der Waals surface area contributed by atoms with Crippen molar-refractivity contribution in [2.75, 3.05) is 26.2 Å². The van der Waals surface area contributed by atoms with Gasteiger partial charge in [0.25, 0.3) is 5.22 Å². The summed E-state index contributed by atoms with van der Waals surface area (Å²) in [5, 5.41) is -0.104. The van der Waals surface area contributed by atoms with E-state index in [9.17, 15) is 13.2 Å². The predicted octanol–water partition coefficient (Wildman–Crippen LogP) is 4.46. The Hall–Kier alpha value is -2.36. The number of oxazole rings is 1. The van der Waals surface area contributed by atoms with Gasteiger partial charge in [-0.25, -0.2) is 13.4 Å². The van der Waals surface area contributed by atoms with Gasteiger partial charge >= 0.3 is 0 Å². The van der Waals surface area contributed by atoms with Gasteiger partial charge in [0.1, 0.15) is 10.8 Å². The summed E-state index contributed by atoms with van der Waals surface area (Å²) in [6, 6.07) is 14.5. The molecule has 0 bridgehead atoms. The normalized spacial score (nSPS) is 18.6. The SMILES string of the molecule is O=C([C@@H](Sc1nc2cc(S(=O)(=O)N3CCCCC3)ccc2o1)c1ccccc1)N1CCCC1. The molecule has 1 amide bonds. The second kappa shape index (κ2) is 9.48. The van der Waals surface area contributed by atoms with Crippen LogP contribution in [0.4, 0.5) is 0 Å². The van der Waals surface area contributed by atoms with Crippen LogP contribution in [0.25, 0.3) is 11.1 Å². The molecule has 0 aliphatic carbocycles. The molecule has 5 rings (SSSR count). The van der Waals surface area contributed by atoms with Crippen molar-refractivity contribution >= 4 is 38.8 Å². The van der Waals surface area contributed by atoms with Crippen LogP contribution < -0.4 is 0 Å². The lowest BCUT2D eigenvalue weighted by Gasteiger charge is -2.25. The van der Waals surface area contributed by atoms with E-state index < -0.39 is 15.3 Å². The molecule has 1 aromatic heterocycles. The Labute approximate surface area is 198 Å². The fourth-order valence-corrected chi connectivity index (χ4v) is 7.02. The zero-order valence-corrected chi connectivity index (χ0v) is 20.0. The summed E-state index contributed by atoms with van der Waals surface area (Å²) in [5.41, 5.74) is 1.89. The average Bonchev–Trinajstić information content (AvgIpc) is 3.53. The molecule has 0 N–H and O–H groups in total. The number of carbonyl (C=O) groups is 1. The number of likely N-dealkylation sites (tertiary alicyclic amines) is 1. The predicted molar refractivity (Wildman–Crippen MR) is 127 cm³/mol. The molecule has 3 aromatic rings. The molecule has 2 aromatic carbocycles. The van der Waals surface area contributed by atoms with Gasteiger partial charge in [-0.15, -0.1) is 0 Å². The minimum Gasteiger partial charge on any atom is -0.431 e.